The van der Waals surface area contributed by atoms with Gasteiger partial charge < -0.3 is 10.2 Å². The number of sulfonamides is 1. The Bertz CT molecular complexity index is 828. The first-order valence-corrected chi connectivity index (χ1v) is 8.19. The summed E-state index contributed by atoms with van der Waals surface area (Å²) in [6.45, 7) is 1.45. The standard InChI is InChI=1S/C14H16N2O4S/c15-8-10-5-6-16(9-10)21(18,19)12-2-3-13-11(7-12)1-4-14(17)20-13/h1-4,7,10H,5-6,8-9,15H2. The molecule has 1 unspecified atom stereocenters. The first-order chi connectivity index (χ1) is 10.0. The highest BCUT2D eigenvalue weighted by Crippen LogP contribution is 2.25. The van der Waals surface area contributed by atoms with Crippen molar-refractivity contribution in [2.45, 2.75) is 11.3 Å². The van der Waals surface area contributed by atoms with Gasteiger partial charge >= 0.3 is 5.63 Å². The molecule has 0 radical (unpaired) electrons. The Morgan fingerprint density at radius 2 is 2.10 bits per heavy atom. The van der Waals surface area contributed by atoms with Gasteiger partial charge in [-0.15, -0.1) is 0 Å². The van der Waals surface area contributed by atoms with E-state index in [9.17, 15) is 13.2 Å². The van der Waals surface area contributed by atoms with E-state index in [0.717, 1.165) is 6.42 Å². The third-order valence-corrected chi connectivity index (χ3v) is 5.67. The van der Waals surface area contributed by atoms with E-state index < -0.39 is 15.6 Å². The lowest BCUT2D eigenvalue weighted by Crippen LogP contribution is -2.30. The van der Waals surface area contributed by atoms with Crippen LogP contribution < -0.4 is 11.4 Å². The van der Waals surface area contributed by atoms with Crippen LogP contribution in [0.4, 0.5) is 0 Å². The molecule has 6 nitrogen and oxygen atoms in total. The quantitative estimate of drug-likeness (QED) is 0.845. The van der Waals surface area contributed by atoms with Crippen molar-refractivity contribution in [2.75, 3.05) is 19.6 Å². The summed E-state index contributed by atoms with van der Waals surface area (Å²) in [5, 5.41) is 0.588. The average molecular weight is 308 g/mol. The maximum atomic E-state index is 12.6. The van der Waals surface area contributed by atoms with Crippen molar-refractivity contribution in [1.82, 2.24) is 4.31 Å². The third kappa shape index (κ3) is 2.59. The predicted octanol–water partition coefficient (Wildman–Crippen LogP) is 0.762. The van der Waals surface area contributed by atoms with Crippen LogP contribution in [0.1, 0.15) is 6.42 Å². The van der Waals surface area contributed by atoms with Gasteiger partial charge in [0.1, 0.15) is 5.58 Å². The molecule has 1 aliphatic heterocycles. The number of fused-ring (bicyclic) bond motifs is 1. The second-order valence-corrected chi connectivity index (χ2v) is 7.15. The zero-order chi connectivity index (χ0) is 15.0. The number of hydrogen-bond acceptors (Lipinski definition) is 5. The molecule has 2 aromatic rings. The van der Waals surface area contributed by atoms with Gasteiger partial charge in [-0.1, -0.05) is 0 Å². The molecule has 1 aliphatic rings. The van der Waals surface area contributed by atoms with Crippen LogP contribution in [0.5, 0.6) is 0 Å². The fourth-order valence-corrected chi connectivity index (χ4v) is 4.13. The van der Waals surface area contributed by atoms with Gasteiger partial charge in [-0.25, -0.2) is 13.2 Å². The monoisotopic (exact) mass is 308 g/mol. The fraction of sp³-hybridized carbons (Fsp3) is 0.357. The van der Waals surface area contributed by atoms with Crippen LogP contribution in [0.3, 0.4) is 0 Å². The molecule has 21 heavy (non-hydrogen) atoms. The number of nitrogens with two attached hydrogens (primary N) is 1. The van der Waals surface area contributed by atoms with Gasteiger partial charge in [-0.3, -0.25) is 0 Å². The fourth-order valence-electron chi connectivity index (χ4n) is 2.57. The lowest BCUT2D eigenvalue weighted by atomic mass is 10.1. The number of benzene rings is 1. The molecule has 1 saturated heterocycles. The highest BCUT2D eigenvalue weighted by atomic mass is 32.2. The van der Waals surface area contributed by atoms with E-state index in [1.807, 2.05) is 0 Å². The molecule has 1 fully saturated rings. The largest absolute Gasteiger partial charge is 0.423 e. The van der Waals surface area contributed by atoms with Crippen molar-refractivity contribution < 1.29 is 12.8 Å². The van der Waals surface area contributed by atoms with Gasteiger partial charge in [-0.05, 0) is 43.1 Å². The molecule has 112 valence electrons. The highest BCUT2D eigenvalue weighted by molar-refractivity contribution is 7.89. The minimum Gasteiger partial charge on any atom is -0.423 e. The average Bonchev–Trinajstić information content (AvgIpc) is 2.96. The minimum atomic E-state index is -3.53. The van der Waals surface area contributed by atoms with Crippen LogP contribution in [0.15, 0.2) is 44.4 Å². The molecule has 1 aromatic carbocycles. The lowest BCUT2D eigenvalue weighted by molar-refractivity contribution is 0.459. The summed E-state index contributed by atoms with van der Waals surface area (Å²) in [7, 11) is -3.53. The molecule has 2 heterocycles. The van der Waals surface area contributed by atoms with Crippen molar-refractivity contribution in [3.63, 3.8) is 0 Å². The molecule has 0 bridgehead atoms. The molecule has 0 saturated carbocycles. The summed E-state index contributed by atoms with van der Waals surface area (Å²) >= 11 is 0. The summed E-state index contributed by atoms with van der Waals surface area (Å²) in [6, 6.07) is 7.35. The van der Waals surface area contributed by atoms with Crippen molar-refractivity contribution in [2.24, 2.45) is 11.7 Å². The van der Waals surface area contributed by atoms with Crippen molar-refractivity contribution >= 4 is 21.0 Å². The van der Waals surface area contributed by atoms with Crippen LogP contribution in [-0.4, -0.2) is 32.4 Å². The molecule has 0 aliphatic carbocycles. The molecule has 1 atom stereocenters. The van der Waals surface area contributed by atoms with E-state index in [1.54, 1.807) is 6.07 Å². The maximum absolute atomic E-state index is 12.6. The Morgan fingerprint density at radius 1 is 1.29 bits per heavy atom. The van der Waals surface area contributed by atoms with E-state index in [0.29, 0.717) is 30.6 Å². The van der Waals surface area contributed by atoms with Crippen molar-refractivity contribution in [3.05, 3.63) is 40.8 Å². The number of rotatable bonds is 3. The maximum Gasteiger partial charge on any atom is 0.336 e. The van der Waals surface area contributed by atoms with E-state index in [-0.39, 0.29) is 10.8 Å². The molecular weight excluding hydrogens is 292 g/mol. The summed E-state index contributed by atoms with van der Waals surface area (Å²) in [5.74, 6) is 0.221. The Kier molecular flexibility index (Phi) is 3.56. The van der Waals surface area contributed by atoms with E-state index in [2.05, 4.69) is 0 Å². The summed E-state index contributed by atoms with van der Waals surface area (Å²) < 4.78 is 31.7. The number of hydrogen-bond donors (Lipinski definition) is 1. The van der Waals surface area contributed by atoms with Crippen LogP contribution in [0.25, 0.3) is 11.0 Å². The second-order valence-electron chi connectivity index (χ2n) is 5.21. The lowest BCUT2D eigenvalue weighted by Gasteiger charge is -2.16. The molecule has 2 N–H and O–H groups in total. The van der Waals surface area contributed by atoms with Gasteiger partial charge in [-0.2, -0.15) is 4.31 Å². The smallest absolute Gasteiger partial charge is 0.336 e. The Labute approximate surface area is 122 Å². The molecule has 1 aromatic heterocycles. The van der Waals surface area contributed by atoms with Crippen LogP contribution in [-0.2, 0) is 10.0 Å². The van der Waals surface area contributed by atoms with E-state index in [1.165, 1.54) is 28.6 Å². The van der Waals surface area contributed by atoms with Gasteiger partial charge in [0.25, 0.3) is 0 Å². The Balaban J connectivity index is 1.99. The Morgan fingerprint density at radius 3 is 2.81 bits per heavy atom. The van der Waals surface area contributed by atoms with Gasteiger partial charge in [0.2, 0.25) is 10.0 Å². The zero-order valence-corrected chi connectivity index (χ0v) is 12.2. The summed E-state index contributed by atoms with van der Waals surface area (Å²) in [4.78, 5) is 11.3. The predicted molar refractivity (Wildman–Crippen MR) is 78.4 cm³/mol. The molecular formula is C14H16N2O4S. The first-order valence-electron chi connectivity index (χ1n) is 6.75. The van der Waals surface area contributed by atoms with Gasteiger partial charge in [0.05, 0.1) is 4.90 Å². The van der Waals surface area contributed by atoms with E-state index >= 15 is 0 Å². The van der Waals surface area contributed by atoms with E-state index in [4.69, 9.17) is 10.2 Å². The van der Waals surface area contributed by atoms with Gasteiger partial charge in [0.15, 0.2) is 0 Å². The minimum absolute atomic E-state index is 0.210. The topological polar surface area (TPSA) is 93.6 Å². The SMILES string of the molecule is NCC1CCN(S(=O)(=O)c2ccc3oc(=O)ccc3c2)C1. The molecule has 0 spiro atoms. The third-order valence-electron chi connectivity index (χ3n) is 3.81. The summed E-state index contributed by atoms with van der Waals surface area (Å²) in [5.41, 5.74) is 5.53. The van der Waals surface area contributed by atoms with Crippen molar-refractivity contribution in [3.8, 4) is 0 Å². The van der Waals surface area contributed by atoms with Crippen LogP contribution in [0, 0.1) is 5.92 Å². The Hall–Kier alpha value is -1.70. The normalized spacial score (nSPS) is 20.1. The zero-order valence-electron chi connectivity index (χ0n) is 11.4. The van der Waals surface area contributed by atoms with Gasteiger partial charge in [0, 0.05) is 24.5 Å². The number of nitrogens with zero attached hydrogens (tertiary/aromatic N) is 1. The highest BCUT2D eigenvalue weighted by Gasteiger charge is 2.31. The summed E-state index contributed by atoms with van der Waals surface area (Å²) in [6.07, 6.45) is 0.790. The molecule has 0 amide bonds. The first kappa shape index (κ1) is 14.2. The molecule has 3 rings (SSSR count). The van der Waals surface area contributed by atoms with Crippen LogP contribution in [0.2, 0.25) is 0 Å². The van der Waals surface area contributed by atoms with Crippen LogP contribution >= 0.6 is 0 Å². The second kappa shape index (κ2) is 5.25. The molecule has 7 heteroatoms. The van der Waals surface area contributed by atoms with Crippen molar-refractivity contribution in [1.29, 1.82) is 0 Å².